The Labute approximate surface area is 104 Å². The standard InChI is InChI=1S/C11H14N2O3S/c1-16-6-5-13(4-2-3-12)9-7-10(11(14)15)17-8-9/h7-8H,2,4-6H2,1H3,(H,14,15). The van der Waals surface area contributed by atoms with Crippen LogP contribution < -0.4 is 4.90 Å². The molecule has 0 aromatic carbocycles. The first kappa shape index (κ1) is 13.5. The van der Waals surface area contributed by atoms with E-state index in [1.54, 1.807) is 18.6 Å². The number of nitriles is 1. The minimum atomic E-state index is -0.923. The summed E-state index contributed by atoms with van der Waals surface area (Å²) in [4.78, 5) is 13.0. The molecule has 0 aliphatic carbocycles. The Hall–Kier alpha value is -1.58. The molecule has 0 spiro atoms. The van der Waals surface area contributed by atoms with Gasteiger partial charge in [-0.05, 0) is 6.07 Å². The number of aromatic carboxylic acids is 1. The van der Waals surface area contributed by atoms with Gasteiger partial charge >= 0.3 is 5.97 Å². The molecule has 0 aliphatic rings. The zero-order valence-electron chi connectivity index (χ0n) is 9.55. The van der Waals surface area contributed by atoms with Gasteiger partial charge < -0.3 is 14.7 Å². The van der Waals surface area contributed by atoms with Crippen LogP contribution in [0.25, 0.3) is 0 Å². The van der Waals surface area contributed by atoms with Crippen molar-refractivity contribution >= 4 is 23.0 Å². The molecule has 0 saturated carbocycles. The van der Waals surface area contributed by atoms with E-state index in [1.165, 1.54) is 11.3 Å². The Balaban J connectivity index is 2.73. The van der Waals surface area contributed by atoms with Crippen molar-refractivity contribution in [3.8, 4) is 6.07 Å². The summed E-state index contributed by atoms with van der Waals surface area (Å²) in [5.74, 6) is -0.923. The molecule has 0 saturated heterocycles. The first-order chi connectivity index (χ1) is 8.19. The second-order valence-corrected chi connectivity index (χ2v) is 4.27. The van der Waals surface area contributed by atoms with E-state index in [1.807, 2.05) is 4.90 Å². The van der Waals surface area contributed by atoms with Gasteiger partial charge in [-0.2, -0.15) is 5.26 Å². The van der Waals surface area contributed by atoms with Crippen LogP contribution in [0.2, 0.25) is 0 Å². The highest BCUT2D eigenvalue weighted by Crippen LogP contribution is 2.23. The molecule has 0 radical (unpaired) electrons. The average molecular weight is 254 g/mol. The molecule has 1 heterocycles. The Morgan fingerprint density at radius 2 is 2.41 bits per heavy atom. The van der Waals surface area contributed by atoms with E-state index in [2.05, 4.69) is 6.07 Å². The molecule has 0 aliphatic heterocycles. The number of hydrogen-bond acceptors (Lipinski definition) is 5. The van der Waals surface area contributed by atoms with Crippen LogP contribution in [-0.2, 0) is 4.74 Å². The summed E-state index contributed by atoms with van der Waals surface area (Å²) in [6, 6.07) is 3.70. The molecule has 0 atom stereocenters. The van der Waals surface area contributed by atoms with Crippen molar-refractivity contribution in [1.82, 2.24) is 0 Å². The second kappa shape index (κ2) is 6.89. The number of ether oxygens (including phenoxy) is 1. The largest absolute Gasteiger partial charge is 0.477 e. The summed E-state index contributed by atoms with van der Waals surface area (Å²) in [5, 5.41) is 19.2. The van der Waals surface area contributed by atoms with Crippen LogP contribution in [0.1, 0.15) is 16.1 Å². The lowest BCUT2D eigenvalue weighted by Gasteiger charge is -2.21. The van der Waals surface area contributed by atoms with Crippen molar-refractivity contribution in [1.29, 1.82) is 5.26 Å². The lowest BCUT2D eigenvalue weighted by molar-refractivity contribution is 0.0702. The molecular formula is C11H14N2O3S. The van der Waals surface area contributed by atoms with Crippen LogP contribution in [0, 0.1) is 11.3 Å². The Morgan fingerprint density at radius 1 is 1.65 bits per heavy atom. The topological polar surface area (TPSA) is 73.6 Å². The average Bonchev–Trinajstić information content (AvgIpc) is 2.79. The first-order valence-electron chi connectivity index (χ1n) is 5.11. The van der Waals surface area contributed by atoms with Gasteiger partial charge in [-0.3, -0.25) is 0 Å². The van der Waals surface area contributed by atoms with E-state index in [4.69, 9.17) is 15.1 Å². The Morgan fingerprint density at radius 3 is 2.94 bits per heavy atom. The molecular weight excluding hydrogens is 240 g/mol. The fraction of sp³-hybridized carbons (Fsp3) is 0.455. The molecule has 0 amide bonds. The van der Waals surface area contributed by atoms with Crippen LogP contribution in [0.15, 0.2) is 11.4 Å². The lowest BCUT2D eigenvalue weighted by atomic mass is 10.3. The summed E-state index contributed by atoms with van der Waals surface area (Å²) in [7, 11) is 1.61. The summed E-state index contributed by atoms with van der Waals surface area (Å²) < 4.78 is 4.99. The van der Waals surface area contributed by atoms with E-state index < -0.39 is 5.97 Å². The smallest absolute Gasteiger partial charge is 0.345 e. The number of rotatable bonds is 7. The molecule has 0 unspecified atom stereocenters. The molecule has 17 heavy (non-hydrogen) atoms. The summed E-state index contributed by atoms with van der Waals surface area (Å²) in [6.07, 6.45) is 0.405. The normalized spacial score (nSPS) is 9.88. The number of nitrogens with zero attached hydrogens (tertiary/aromatic N) is 2. The van der Waals surface area contributed by atoms with Gasteiger partial charge in [-0.25, -0.2) is 4.79 Å². The number of carbonyl (C=O) groups is 1. The molecule has 0 fully saturated rings. The SMILES string of the molecule is COCCN(CCC#N)c1csc(C(=O)O)c1. The maximum Gasteiger partial charge on any atom is 0.345 e. The highest BCUT2D eigenvalue weighted by molar-refractivity contribution is 7.12. The number of thiophene rings is 1. The molecule has 5 nitrogen and oxygen atoms in total. The maximum absolute atomic E-state index is 10.8. The van der Waals surface area contributed by atoms with E-state index in [0.717, 1.165) is 5.69 Å². The number of carboxylic acid groups (broad SMARTS) is 1. The first-order valence-corrected chi connectivity index (χ1v) is 5.99. The van der Waals surface area contributed by atoms with E-state index >= 15 is 0 Å². The molecule has 1 aromatic rings. The minimum Gasteiger partial charge on any atom is -0.477 e. The second-order valence-electron chi connectivity index (χ2n) is 3.36. The Bertz CT molecular complexity index is 411. The van der Waals surface area contributed by atoms with Gasteiger partial charge in [-0.15, -0.1) is 11.3 Å². The quantitative estimate of drug-likeness (QED) is 0.803. The summed E-state index contributed by atoms with van der Waals surface area (Å²) in [6.45, 7) is 1.77. The van der Waals surface area contributed by atoms with Crippen molar-refractivity contribution in [3.05, 3.63) is 16.3 Å². The van der Waals surface area contributed by atoms with Crippen LogP contribution in [0.4, 0.5) is 5.69 Å². The third kappa shape index (κ3) is 4.06. The van der Waals surface area contributed by atoms with E-state index in [0.29, 0.717) is 31.0 Å². The zero-order chi connectivity index (χ0) is 12.7. The fourth-order valence-corrected chi connectivity index (χ4v) is 2.12. The van der Waals surface area contributed by atoms with Crippen molar-refractivity contribution in [2.24, 2.45) is 0 Å². The third-order valence-electron chi connectivity index (χ3n) is 2.22. The number of anilines is 1. The molecule has 1 rings (SSSR count). The molecule has 6 heteroatoms. The van der Waals surface area contributed by atoms with Gasteiger partial charge in [0, 0.05) is 31.3 Å². The molecule has 1 N–H and O–H groups in total. The predicted molar refractivity (Wildman–Crippen MR) is 65.6 cm³/mol. The van der Waals surface area contributed by atoms with Crippen LogP contribution >= 0.6 is 11.3 Å². The fourth-order valence-electron chi connectivity index (χ4n) is 1.36. The lowest BCUT2D eigenvalue weighted by Crippen LogP contribution is -2.27. The number of hydrogen-bond donors (Lipinski definition) is 1. The number of methoxy groups -OCH3 is 1. The van der Waals surface area contributed by atoms with E-state index in [-0.39, 0.29) is 0 Å². The van der Waals surface area contributed by atoms with Crippen LogP contribution in [0.3, 0.4) is 0 Å². The van der Waals surface area contributed by atoms with Crippen molar-refractivity contribution in [2.45, 2.75) is 6.42 Å². The summed E-state index contributed by atoms with van der Waals surface area (Å²) in [5.41, 5.74) is 0.833. The van der Waals surface area contributed by atoms with Gasteiger partial charge in [0.15, 0.2) is 0 Å². The van der Waals surface area contributed by atoms with Gasteiger partial charge in [0.1, 0.15) is 4.88 Å². The maximum atomic E-state index is 10.8. The van der Waals surface area contributed by atoms with Crippen molar-refractivity contribution < 1.29 is 14.6 Å². The molecule has 92 valence electrons. The van der Waals surface area contributed by atoms with Crippen LogP contribution in [0.5, 0.6) is 0 Å². The minimum absolute atomic E-state index is 0.305. The predicted octanol–water partition coefficient (Wildman–Crippen LogP) is 1.81. The Kier molecular flexibility index (Phi) is 5.46. The van der Waals surface area contributed by atoms with E-state index in [9.17, 15) is 4.79 Å². The third-order valence-corrected chi connectivity index (χ3v) is 3.13. The molecule has 1 aromatic heterocycles. The zero-order valence-corrected chi connectivity index (χ0v) is 10.4. The van der Waals surface area contributed by atoms with Gasteiger partial charge in [0.05, 0.1) is 19.1 Å². The molecule has 0 bridgehead atoms. The number of carboxylic acids is 1. The van der Waals surface area contributed by atoms with Gasteiger partial charge in [-0.1, -0.05) is 0 Å². The van der Waals surface area contributed by atoms with Crippen LogP contribution in [-0.4, -0.2) is 37.9 Å². The van der Waals surface area contributed by atoms with Crippen molar-refractivity contribution in [3.63, 3.8) is 0 Å². The highest BCUT2D eigenvalue weighted by Gasteiger charge is 2.12. The van der Waals surface area contributed by atoms with Gasteiger partial charge in [0.2, 0.25) is 0 Å². The monoisotopic (exact) mass is 254 g/mol. The van der Waals surface area contributed by atoms with Gasteiger partial charge in [0.25, 0.3) is 0 Å². The summed E-state index contributed by atoms with van der Waals surface area (Å²) >= 11 is 1.19. The highest BCUT2D eigenvalue weighted by atomic mass is 32.1. The van der Waals surface area contributed by atoms with Crippen molar-refractivity contribution in [2.75, 3.05) is 31.7 Å².